The summed E-state index contributed by atoms with van der Waals surface area (Å²) in [5, 5.41) is 7.42. The fourth-order valence-electron chi connectivity index (χ4n) is 3.38. The van der Waals surface area contributed by atoms with E-state index in [0.29, 0.717) is 24.8 Å². The fraction of sp³-hybridized carbons (Fsp3) is 0.438. The number of carbonyl (C=O) groups excluding carboxylic acids is 1. The number of morpholine rings is 1. The number of carbonyl (C=O) groups is 1. The predicted molar refractivity (Wildman–Crippen MR) is 84.6 cm³/mol. The van der Waals surface area contributed by atoms with Crippen LogP contribution in [0.2, 0.25) is 0 Å². The number of aryl methyl sites for hydroxylation is 1. The highest BCUT2D eigenvalue weighted by Crippen LogP contribution is 2.29. The SMILES string of the molecule is Cc1cc(NC(=O)N2C3CCC2COC3)n(-c2ccccn2)n1. The highest BCUT2D eigenvalue weighted by Gasteiger charge is 2.40. The molecule has 2 fully saturated rings. The Morgan fingerprint density at radius 2 is 2.09 bits per heavy atom. The maximum absolute atomic E-state index is 12.7. The summed E-state index contributed by atoms with van der Waals surface area (Å²) in [5.41, 5.74) is 0.830. The molecule has 0 radical (unpaired) electrons. The molecule has 2 aromatic rings. The van der Waals surface area contributed by atoms with Gasteiger partial charge in [0.1, 0.15) is 5.82 Å². The smallest absolute Gasteiger partial charge is 0.323 e. The molecule has 4 heterocycles. The van der Waals surface area contributed by atoms with Crippen molar-refractivity contribution >= 4 is 11.8 Å². The first-order valence-corrected chi connectivity index (χ1v) is 7.87. The number of anilines is 1. The van der Waals surface area contributed by atoms with Gasteiger partial charge in [-0.2, -0.15) is 9.78 Å². The third-order valence-electron chi connectivity index (χ3n) is 4.41. The number of rotatable bonds is 2. The Morgan fingerprint density at radius 1 is 1.30 bits per heavy atom. The van der Waals surface area contributed by atoms with E-state index < -0.39 is 0 Å². The van der Waals surface area contributed by atoms with Gasteiger partial charge in [0.2, 0.25) is 0 Å². The minimum atomic E-state index is -0.0853. The third kappa shape index (κ3) is 2.57. The highest BCUT2D eigenvalue weighted by atomic mass is 16.5. The molecule has 0 saturated carbocycles. The third-order valence-corrected chi connectivity index (χ3v) is 4.41. The summed E-state index contributed by atoms with van der Waals surface area (Å²) in [6.07, 6.45) is 3.73. The minimum Gasteiger partial charge on any atom is -0.377 e. The van der Waals surface area contributed by atoms with Crippen molar-refractivity contribution in [3.05, 3.63) is 36.2 Å². The quantitative estimate of drug-likeness (QED) is 0.920. The number of hydrogen-bond donors (Lipinski definition) is 1. The van der Waals surface area contributed by atoms with Gasteiger partial charge in [0, 0.05) is 12.3 Å². The Labute approximate surface area is 134 Å². The molecular weight excluding hydrogens is 294 g/mol. The van der Waals surface area contributed by atoms with Gasteiger partial charge in [0.25, 0.3) is 0 Å². The van der Waals surface area contributed by atoms with Crippen molar-refractivity contribution in [2.75, 3.05) is 18.5 Å². The molecule has 0 aromatic carbocycles. The zero-order valence-corrected chi connectivity index (χ0v) is 13.0. The molecule has 0 aliphatic carbocycles. The number of amides is 2. The summed E-state index contributed by atoms with van der Waals surface area (Å²) in [4.78, 5) is 18.9. The van der Waals surface area contributed by atoms with Crippen LogP contribution in [0.3, 0.4) is 0 Å². The molecule has 2 amide bonds. The van der Waals surface area contributed by atoms with Crippen LogP contribution in [0.1, 0.15) is 18.5 Å². The first kappa shape index (κ1) is 14.2. The van der Waals surface area contributed by atoms with Crippen LogP contribution in [0.25, 0.3) is 5.82 Å². The number of ether oxygens (including phenoxy) is 1. The summed E-state index contributed by atoms with van der Waals surface area (Å²) >= 11 is 0. The Kier molecular flexibility index (Phi) is 3.49. The minimum absolute atomic E-state index is 0.0853. The fourth-order valence-corrected chi connectivity index (χ4v) is 3.38. The van der Waals surface area contributed by atoms with E-state index in [4.69, 9.17) is 4.74 Å². The van der Waals surface area contributed by atoms with E-state index in [1.54, 1.807) is 10.9 Å². The van der Waals surface area contributed by atoms with E-state index >= 15 is 0 Å². The molecule has 2 unspecified atom stereocenters. The van der Waals surface area contributed by atoms with Crippen LogP contribution in [0.5, 0.6) is 0 Å². The Balaban J connectivity index is 1.59. The lowest BCUT2D eigenvalue weighted by molar-refractivity contribution is 0.00946. The molecular formula is C16H19N5O2. The van der Waals surface area contributed by atoms with Gasteiger partial charge in [-0.1, -0.05) is 6.07 Å². The lowest BCUT2D eigenvalue weighted by atomic mass is 10.2. The van der Waals surface area contributed by atoms with Crippen LogP contribution in [-0.4, -0.2) is 51.0 Å². The molecule has 1 N–H and O–H groups in total. The Hall–Kier alpha value is -2.41. The van der Waals surface area contributed by atoms with Crippen LogP contribution in [-0.2, 0) is 4.74 Å². The number of nitrogens with one attached hydrogen (secondary N) is 1. The molecule has 2 aliphatic rings. The van der Waals surface area contributed by atoms with Crippen molar-refractivity contribution in [2.45, 2.75) is 31.8 Å². The zero-order valence-electron chi connectivity index (χ0n) is 13.0. The normalized spacial score (nSPS) is 23.1. The summed E-state index contributed by atoms with van der Waals surface area (Å²) < 4.78 is 7.20. The molecule has 7 heteroatoms. The molecule has 23 heavy (non-hydrogen) atoms. The topological polar surface area (TPSA) is 72.3 Å². The van der Waals surface area contributed by atoms with Gasteiger partial charge < -0.3 is 9.64 Å². The lowest BCUT2D eigenvalue weighted by Gasteiger charge is -2.34. The average Bonchev–Trinajstić information content (AvgIpc) is 3.05. The van der Waals surface area contributed by atoms with Crippen LogP contribution in [0.15, 0.2) is 30.5 Å². The van der Waals surface area contributed by atoms with Crippen molar-refractivity contribution < 1.29 is 9.53 Å². The second kappa shape index (κ2) is 5.66. The Morgan fingerprint density at radius 3 is 2.78 bits per heavy atom. The maximum atomic E-state index is 12.7. The standard InChI is InChI=1S/C16H19N5O2/c1-11-8-15(21(19-11)14-4-2-3-7-17-14)18-16(22)20-12-5-6-13(20)10-23-9-12/h2-4,7-8,12-13H,5-6,9-10H2,1H3,(H,18,22). The maximum Gasteiger partial charge on any atom is 0.323 e. The van der Waals surface area contributed by atoms with Crippen LogP contribution >= 0.6 is 0 Å². The summed E-state index contributed by atoms with van der Waals surface area (Å²) in [6, 6.07) is 7.74. The molecule has 120 valence electrons. The van der Waals surface area contributed by atoms with Gasteiger partial charge in [0.05, 0.1) is 31.0 Å². The van der Waals surface area contributed by atoms with Crippen molar-refractivity contribution in [1.29, 1.82) is 0 Å². The van der Waals surface area contributed by atoms with E-state index in [2.05, 4.69) is 15.4 Å². The molecule has 0 spiro atoms. The van der Waals surface area contributed by atoms with Crippen molar-refractivity contribution in [2.24, 2.45) is 0 Å². The van der Waals surface area contributed by atoms with Crippen LogP contribution < -0.4 is 5.32 Å². The first-order chi connectivity index (χ1) is 11.2. The van der Waals surface area contributed by atoms with Crippen LogP contribution in [0.4, 0.5) is 10.6 Å². The Bertz CT molecular complexity index is 699. The average molecular weight is 313 g/mol. The molecule has 2 aromatic heterocycles. The highest BCUT2D eigenvalue weighted by molar-refractivity contribution is 5.89. The summed E-state index contributed by atoms with van der Waals surface area (Å²) in [6.45, 7) is 3.15. The van der Waals surface area contributed by atoms with Crippen molar-refractivity contribution in [3.63, 3.8) is 0 Å². The predicted octanol–water partition coefficient (Wildman–Crippen LogP) is 1.97. The molecule has 2 bridgehead atoms. The largest absolute Gasteiger partial charge is 0.377 e. The van der Waals surface area contributed by atoms with E-state index in [1.165, 1.54) is 0 Å². The lowest BCUT2D eigenvalue weighted by Crippen LogP contribution is -2.50. The van der Waals surface area contributed by atoms with Crippen LogP contribution in [0, 0.1) is 6.92 Å². The molecule has 2 aliphatic heterocycles. The number of urea groups is 1. The van der Waals surface area contributed by atoms with Gasteiger partial charge in [0.15, 0.2) is 5.82 Å². The first-order valence-electron chi connectivity index (χ1n) is 7.87. The molecule has 4 rings (SSSR count). The van der Waals surface area contributed by atoms with E-state index in [0.717, 1.165) is 18.5 Å². The molecule has 2 saturated heterocycles. The monoisotopic (exact) mass is 313 g/mol. The second-order valence-corrected chi connectivity index (χ2v) is 6.03. The summed E-state index contributed by atoms with van der Waals surface area (Å²) in [5.74, 6) is 1.32. The zero-order chi connectivity index (χ0) is 15.8. The second-order valence-electron chi connectivity index (χ2n) is 6.03. The summed E-state index contributed by atoms with van der Waals surface area (Å²) in [7, 11) is 0. The van der Waals surface area contributed by atoms with Gasteiger partial charge >= 0.3 is 6.03 Å². The number of pyridine rings is 1. The molecule has 7 nitrogen and oxygen atoms in total. The van der Waals surface area contributed by atoms with E-state index in [-0.39, 0.29) is 18.1 Å². The van der Waals surface area contributed by atoms with E-state index in [9.17, 15) is 4.79 Å². The number of hydrogen-bond acceptors (Lipinski definition) is 4. The van der Waals surface area contributed by atoms with Crippen molar-refractivity contribution in [3.8, 4) is 5.82 Å². The van der Waals surface area contributed by atoms with Gasteiger partial charge in [-0.3, -0.25) is 5.32 Å². The number of fused-ring (bicyclic) bond motifs is 2. The van der Waals surface area contributed by atoms with Gasteiger partial charge in [-0.15, -0.1) is 0 Å². The van der Waals surface area contributed by atoms with E-state index in [1.807, 2.05) is 36.1 Å². The van der Waals surface area contributed by atoms with Gasteiger partial charge in [-0.05, 0) is 31.9 Å². The number of nitrogens with zero attached hydrogens (tertiary/aromatic N) is 4. The van der Waals surface area contributed by atoms with Gasteiger partial charge in [-0.25, -0.2) is 9.78 Å². The molecule has 2 atom stereocenters. The van der Waals surface area contributed by atoms with Crippen molar-refractivity contribution in [1.82, 2.24) is 19.7 Å². The number of aromatic nitrogens is 3.